The smallest absolute Gasteiger partial charge is 0.269 e. The lowest BCUT2D eigenvalue weighted by atomic mass is 10.1. The highest BCUT2D eigenvalue weighted by molar-refractivity contribution is 5.80. The second-order valence-corrected chi connectivity index (χ2v) is 8.64. The van der Waals surface area contributed by atoms with Crippen LogP contribution < -0.4 is 0 Å². The van der Waals surface area contributed by atoms with Crippen LogP contribution in [0.4, 0.5) is 10.1 Å². The van der Waals surface area contributed by atoms with E-state index in [4.69, 9.17) is 9.84 Å². The summed E-state index contributed by atoms with van der Waals surface area (Å²) in [7, 11) is 0. The van der Waals surface area contributed by atoms with Gasteiger partial charge in [0.1, 0.15) is 18.1 Å². The molecule has 1 atom stereocenters. The minimum absolute atomic E-state index is 0.0182. The summed E-state index contributed by atoms with van der Waals surface area (Å²) < 4.78 is 21.3. The number of non-ortho nitro benzene ring substituents is 1. The molecule has 8 nitrogen and oxygen atoms in total. The van der Waals surface area contributed by atoms with Crippen LogP contribution in [0, 0.1) is 22.9 Å². The zero-order valence-electron chi connectivity index (χ0n) is 19.5. The molecule has 0 saturated carbocycles. The molecule has 1 aliphatic heterocycles. The molecule has 3 aromatic carbocycles. The maximum Gasteiger partial charge on any atom is 0.269 e. The minimum Gasteiger partial charge on any atom is -0.344 e. The summed E-state index contributed by atoms with van der Waals surface area (Å²) in [5, 5.41) is 15.7. The Morgan fingerprint density at radius 3 is 2.42 bits per heavy atom. The number of ether oxygens (including phenoxy) is 1. The van der Waals surface area contributed by atoms with Gasteiger partial charge in [0.2, 0.25) is 0 Å². The Balaban J connectivity index is 1.47. The van der Waals surface area contributed by atoms with Crippen LogP contribution in [0.5, 0.6) is 0 Å². The predicted octanol–water partition coefficient (Wildman–Crippen LogP) is 5.00. The van der Waals surface area contributed by atoms with Crippen LogP contribution in [0.1, 0.15) is 22.9 Å². The first-order valence-electron chi connectivity index (χ1n) is 11.5. The molecule has 1 amide bonds. The largest absolute Gasteiger partial charge is 0.344 e. The molecule has 1 fully saturated rings. The van der Waals surface area contributed by atoms with Gasteiger partial charge < -0.3 is 9.64 Å². The molecule has 5 rings (SSSR count). The highest BCUT2D eigenvalue weighted by Crippen LogP contribution is 2.35. The first-order valence-corrected chi connectivity index (χ1v) is 11.5. The van der Waals surface area contributed by atoms with E-state index in [0.717, 1.165) is 16.8 Å². The van der Waals surface area contributed by atoms with Gasteiger partial charge in [0.25, 0.3) is 11.6 Å². The monoisotopic (exact) mass is 486 g/mol. The Bertz CT molecular complexity index is 1400. The van der Waals surface area contributed by atoms with Gasteiger partial charge in [-0.25, -0.2) is 9.07 Å². The van der Waals surface area contributed by atoms with Crippen LogP contribution in [-0.4, -0.2) is 38.7 Å². The first-order chi connectivity index (χ1) is 17.4. The summed E-state index contributed by atoms with van der Waals surface area (Å²) in [6.07, 6.45) is 1.67. The number of hydrogen-bond acceptors (Lipinski definition) is 5. The van der Waals surface area contributed by atoms with E-state index in [1.54, 1.807) is 33.8 Å². The van der Waals surface area contributed by atoms with Gasteiger partial charge in [-0.3, -0.25) is 14.9 Å². The number of carbonyl (C=O) groups is 1. The van der Waals surface area contributed by atoms with Crippen molar-refractivity contribution < 1.29 is 18.8 Å². The van der Waals surface area contributed by atoms with E-state index in [2.05, 4.69) is 0 Å². The zero-order chi connectivity index (χ0) is 25.2. The van der Waals surface area contributed by atoms with Gasteiger partial charge in [-0.05, 0) is 55.3 Å². The van der Waals surface area contributed by atoms with Crippen LogP contribution >= 0.6 is 0 Å². The highest BCUT2D eigenvalue weighted by Gasteiger charge is 2.36. The summed E-state index contributed by atoms with van der Waals surface area (Å²) in [4.78, 5) is 24.9. The third-order valence-electron chi connectivity index (χ3n) is 6.18. The number of rotatable bonds is 7. The van der Waals surface area contributed by atoms with E-state index >= 15 is 0 Å². The van der Waals surface area contributed by atoms with Crippen molar-refractivity contribution in [3.8, 4) is 16.9 Å². The Kier molecular flexibility index (Phi) is 6.30. The molecule has 9 heteroatoms. The van der Waals surface area contributed by atoms with Crippen molar-refractivity contribution in [2.75, 3.05) is 13.2 Å². The van der Waals surface area contributed by atoms with Crippen molar-refractivity contribution >= 4 is 11.6 Å². The third kappa shape index (κ3) is 4.73. The molecule has 0 spiro atoms. The standard InChI is InChI=1S/C27H23FN4O4/c1-18-2-10-22(11-3-18)31-16-24(26(29-31)20-6-8-21(28)9-7-20)27-30(25(33)17-36-27)15-14-19-4-12-23(13-5-19)32(34)35/h2-13,16,27H,14-15,17H2,1H3. The van der Waals surface area contributed by atoms with Gasteiger partial charge >= 0.3 is 0 Å². The number of nitro groups is 1. The molecule has 1 saturated heterocycles. The first kappa shape index (κ1) is 23.4. The Morgan fingerprint density at radius 2 is 1.75 bits per heavy atom. The molecule has 36 heavy (non-hydrogen) atoms. The van der Waals surface area contributed by atoms with Crippen LogP contribution in [0.3, 0.4) is 0 Å². The van der Waals surface area contributed by atoms with Crippen LogP contribution in [0.2, 0.25) is 0 Å². The zero-order valence-corrected chi connectivity index (χ0v) is 19.5. The lowest BCUT2D eigenvalue weighted by molar-refractivity contribution is -0.384. The predicted molar refractivity (Wildman–Crippen MR) is 131 cm³/mol. The molecule has 0 N–H and O–H groups in total. The summed E-state index contributed by atoms with van der Waals surface area (Å²) in [5.74, 6) is -0.509. The summed E-state index contributed by atoms with van der Waals surface area (Å²) in [6, 6.07) is 20.2. The van der Waals surface area contributed by atoms with E-state index in [1.165, 1.54) is 24.3 Å². The fourth-order valence-corrected chi connectivity index (χ4v) is 4.22. The molecule has 0 bridgehead atoms. The Hall–Kier alpha value is -4.37. The van der Waals surface area contributed by atoms with Gasteiger partial charge in [0, 0.05) is 36.0 Å². The fourth-order valence-electron chi connectivity index (χ4n) is 4.22. The van der Waals surface area contributed by atoms with Gasteiger partial charge in [0.15, 0.2) is 6.23 Å². The topological polar surface area (TPSA) is 90.5 Å². The van der Waals surface area contributed by atoms with Crippen LogP contribution in [0.25, 0.3) is 16.9 Å². The lowest BCUT2D eigenvalue weighted by Crippen LogP contribution is -2.30. The molecule has 182 valence electrons. The molecular formula is C27H23FN4O4. The van der Waals surface area contributed by atoms with Crippen molar-refractivity contribution in [3.63, 3.8) is 0 Å². The number of halogens is 1. The summed E-state index contributed by atoms with van der Waals surface area (Å²) >= 11 is 0. The number of amides is 1. The third-order valence-corrected chi connectivity index (χ3v) is 6.18. The van der Waals surface area contributed by atoms with Gasteiger partial charge in [0.05, 0.1) is 10.6 Å². The normalized spacial score (nSPS) is 15.4. The maximum absolute atomic E-state index is 13.6. The quantitative estimate of drug-likeness (QED) is 0.271. The van der Waals surface area contributed by atoms with Crippen LogP contribution in [-0.2, 0) is 16.0 Å². The number of hydrogen-bond donors (Lipinski definition) is 0. The van der Waals surface area contributed by atoms with E-state index in [9.17, 15) is 19.3 Å². The molecule has 4 aromatic rings. The van der Waals surface area contributed by atoms with E-state index < -0.39 is 11.2 Å². The number of carbonyl (C=O) groups excluding carboxylic acids is 1. The average molecular weight is 487 g/mol. The minimum atomic E-state index is -0.671. The highest BCUT2D eigenvalue weighted by atomic mass is 19.1. The maximum atomic E-state index is 13.6. The van der Waals surface area contributed by atoms with Crippen molar-refractivity contribution in [2.45, 2.75) is 19.6 Å². The second kappa shape index (κ2) is 9.71. The molecule has 0 aliphatic carbocycles. The molecule has 1 unspecified atom stereocenters. The lowest BCUT2D eigenvalue weighted by Gasteiger charge is -2.23. The summed E-state index contributed by atoms with van der Waals surface area (Å²) in [5.41, 5.74) is 4.84. The number of benzene rings is 3. The number of nitrogens with zero attached hydrogens (tertiary/aromatic N) is 4. The van der Waals surface area contributed by atoms with Crippen molar-refractivity contribution in [3.05, 3.63) is 112 Å². The van der Waals surface area contributed by atoms with Gasteiger partial charge in [-0.1, -0.05) is 29.8 Å². The van der Waals surface area contributed by atoms with Gasteiger partial charge in [-0.2, -0.15) is 5.10 Å². The van der Waals surface area contributed by atoms with Gasteiger partial charge in [-0.15, -0.1) is 0 Å². The van der Waals surface area contributed by atoms with E-state index in [0.29, 0.717) is 29.8 Å². The summed E-state index contributed by atoms with van der Waals surface area (Å²) in [6.45, 7) is 2.30. The molecular weight excluding hydrogens is 463 g/mol. The number of aromatic nitrogens is 2. The van der Waals surface area contributed by atoms with Crippen molar-refractivity contribution in [1.29, 1.82) is 0 Å². The van der Waals surface area contributed by atoms with E-state index in [1.807, 2.05) is 37.4 Å². The number of nitro benzene ring substituents is 1. The van der Waals surface area contributed by atoms with E-state index in [-0.39, 0.29) is 24.0 Å². The Labute approximate surface area is 206 Å². The van der Waals surface area contributed by atoms with Crippen LogP contribution in [0.15, 0.2) is 79.0 Å². The number of aryl methyl sites for hydroxylation is 1. The SMILES string of the molecule is Cc1ccc(-n2cc(C3OCC(=O)N3CCc3ccc([N+](=O)[O-])cc3)c(-c3ccc(F)cc3)n2)cc1. The van der Waals surface area contributed by atoms with Crippen molar-refractivity contribution in [2.24, 2.45) is 0 Å². The van der Waals surface area contributed by atoms with Crippen molar-refractivity contribution in [1.82, 2.24) is 14.7 Å². The molecule has 1 aliphatic rings. The molecule has 0 radical (unpaired) electrons. The molecule has 1 aromatic heterocycles. The second-order valence-electron chi connectivity index (χ2n) is 8.64. The average Bonchev–Trinajstić information content (AvgIpc) is 3.47. The molecule has 2 heterocycles. The fraction of sp³-hybridized carbons (Fsp3) is 0.185. The Morgan fingerprint density at radius 1 is 1.06 bits per heavy atom.